The van der Waals surface area contributed by atoms with E-state index in [-0.39, 0.29) is 5.56 Å². The molecule has 16 heavy (non-hydrogen) atoms. The van der Waals surface area contributed by atoms with E-state index < -0.39 is 30.6 Å². The van der Waals surface area contributed by atoms with Crippen molar-refractivity contribution in [2.24, 2.45) is 0 Å². The lowest BCUT2D eigenvalue weighted by molar-refractivity contribution is -0.133. The summed E-state index contributed by atoms with van der Waals surface area (Å²) in [5, 5.41) is 0. The van der Waals surface area contributed by atoms with Gasteiger partial charge in [0.05, 0.1) is 6.42 Å². The molecule has 0 aliphatic rings. The molecule has 0 unspecified atom stereocenters. The Morgan fingerprint density at radius 2 is 1.94 bits per heavy atom. The Kier molecular flexibility index (Phi) is 3.67. The van der Waals surface area contributed by atoms with Gasteiger partial charge in [0.2, 0.25) is 0 Å². The number of hydrogen-bond donors (Lipinski definition) is 0. The molecule has 0 aliphatic heterocycles. The fourth-order valence-corrected chi connectivity index (χ4v) is 1.17. The van der Waals surface area contributed by atoms with Crippen molar-refractivity contribution in [3.05, 3.63) is 35.1 Å². The van der Waals surface area contributed by atoms with Gasteiger partial charge in [-0.15, -0.1) is 0 Å². The Morgan fingerprint density at radius 3 is 2.44 bits per heavy atom. The number of alkyl halides is 3. The number of Topliss-reactive ketones (excluding diaryl/α,β-unsaturated/α-hetero) is 1. The highest BCUT2D eigenvalue weighted by Crippen LogP contribution is 2.23. The quantitative estimate of drug-likeness (QED) is 0.576. The van der Waals surface area contributed by atoms with E-state index in [0.29, 0.717) is 5.56 Å². The molecule has 0 spiro atoms. The summed E-state index contributed by atoms with van der Waals surface area (Å²) in [5.74, 6) is -1.28. The number of hydrogen-bond acceptors (Lipinski definition) is 1. The average Bonchev–Trinajstić information content (AvgIpc) is 2.17. The van der Waals surface area contributed by atoms with Crippen LogP contribution in [0.1, 0.15) is 28.8 Å². The van der Waals surface area contributed by atoms with Crippen molar-refractivity contribution in [1.29, 1.82) is 0 Å². The first-order valence-corrected chi connectivity index (χ1v) is 4.66. The standard InChI is InChI=1S/C11H10F4O/c1-7-2-3-8(6-9(7)12)10(16)4-5-11(13,14)15/h2-3,6H,4-5H2,1H3. The van der Waals surface area contributed by atoms with E-state index in [1.165, 1.54) is 19.1 Å². The molecule has 0 N–H and O–H groups in total. The molecule has 0 aromatic heterocycles. The van der Waals surface area contributed by atoms with Crippen LogP contribution in [0.15, 0.2) is 18.2 Å². The van der Waals surface area contributed by atoms with Gasteiger partial charge in [0, 0.05) is 12.0 Å². The molecule has 0 atom stereocenters. The number of carbonyl (C=O) groups is 1. The zero-order valence-electron chi connectivity index (χ0n) is 8.57. The van der Waals surface area contributed by atoms with Gasteiger partial charge in [-0.3, -0.25) is 4.79 Å². The largest absolute Gasteiger partial charge is 0.389 e. The summed E-state index contributed by atoms with van der Waals surface area (Å²) in [6.45, 7) is 1.51. The first-order valence-electron chi connectivity index (χ1n) is 4.66. The first-order chi connectivity index (χ1) is 7.29. The number of carbonyl (C=O) groups excluding carboxylic acids is 1. The molecule has 0 radical (unpaired) electrons. The van der Waals surface area contributed by atoms with E-state index in [1.807, 2.05) is 0 Å². The van der Waals surface area contributed by atoms with Crippen LogP contribution < -0.4 is 0 Å². The highest BCUT2D eigenvalue weighted by molar-refractivity contribution is 5.96. The van der Waals surface area contributed by atoms with Crippen LogP contribution >= 0.6 is 0 Å². The monoisotopic (exact) mass is 234 g/mol. The van der Waals surface area contributed by atoms with Crippen LogP contribution in [0.2, 0.25) is 0 Å². The summed E-state index contributed by atoms with van der Waals surface area (Å²) < 4.78 is 48.6. The van der Waals surface area contributed by atoms with Crippen molar-refractivity contribution in [2.45, 2.75) is 25.9 Å². The topological polar surface area (TPSA) is 17.1 Å². The van der Waals surface area contributed by atoms with Crippen LogP contribution in [0, 0.1) is 12.7 Å². The van der Waals surface area contributed by atoms with E-state index in [2.05, 4.69) is 0 Å². The molecule has 0 fully saturated rings. The third-order valence-corrected chi connectivity index (χ3v) is 2.13. The maximum absolute atomic E-state index is 13.0. The molecule has 0 aliphatic carbocycles. The predicted octanol–water partition coefficient (Wildman–Crippen LogP) is 3.66. The van der Waals surface area contributed by atoms with Crippen molar-refractivity contribution in [3.8, 4) is 0 Å². The van der Waals surface area contributed by atoms with Crippen LogP contribution in [-0.2, 0) is 0 Å². The minimum absolute atomic E-state index is 0.0210. The van der Waals surface area contributed by atoms with Gasteiger partial charge in [0.1, 0.15) is 5.82 Å². The minimum Gasteiger partial charge on any atom is -0.294 e. The molecule has 0 heterocycles. The number of aryl methyl sites for hydroxylation is 1. The van der Waals surface area contributed by atoms with E-state index >= 15 is 0 Å². The summed E-state index contributed by atoms with van der Waals surface area (Å²) in [5.41, 5.74) is 0.333. The van der Waals surface area contributed by atoms with Crippen molar-refractivity contribution in [2.75, 3.05) is 0 Å². The summed E-state index contributed by atoms with van der Waals surface area (Å²) in [6.07, 6.45) is -6.19. The lowest BCUT2D eigenvalue weighted by atomic mass is 10.0. The van der Waals surface area contributed by atoms with Gasteiger partial charge in [0.15, 0.2) is 5.78 Å². The Balaban J connectivity index is 2.70. The highest BCUT2D eigenvalue weighted by Gasteiger charge is 2.28. The molecule has 0 amide bonds. The van der Waals surface area contributed by atoms with Crippen LogP contribution in [0.25, 0.3) is 0 Å². The normalized spacial score (nSPS) is 11.6. The second-order valence-electron chi connectivity index (χ2n) is 3.50. The molecule has 1 nitrogen and oxygen atoms in total. The van der Waals surface area contributed by atoms with Crippen LogP contribution in [0.5, 0.6) is 0 Å². The van der Waals surface area contributed by atoms with Gasteiger partial charge in [-0.25, -0.2) is 4.39 Å². The van der Waals surface area contributed by atoms with Gasteiger partial charge >= 0.3 is 6.18 Å². The zero-order chi connectivity index (χ0) is 12.3. The van der Waals surface area contributed by atoms with E-state index in [1.54, 1.807) is 0 Å². The number of benzene rings is 1. The Morgan fingerprint density at radius 1 is 1.31 bits per heavy atom. The third-order valence-electron chi connectivity index (χ3n) is 2.13. The summed E-state index contributed by atoms with van der Waals surface area (Å²) in [6, 6.07) is 3.67. The molecule has 0 saturated heterocycles. The molecule has 1 aromatic carbocycles. The second kappa shape index (κ2) is 4.63. The molecular formula is C11H10F4O. The summed E-state index contributed by atoms with van der Waals surface area (Å²) >= 11 is 0. The molecule has 1 aromatic rings. The van der Waals surface area contributed by atoms with E-state index in [0.717, 1.165) is 6.07 Å². The highest BCUT2D eigenvalue weighted by atomic mass is 19.4. The van der Waals surface area contributed by atoms with Crippen molar-refractivity contribution in [3.63, 3.8) is 0 Å². The SMILES string of the molecule is Cc1ccc(C(=O)CCC(F)(F)F)cc1F. The number of rotatable bonds is 3. The van der Waals surface area contributed by atoms with Crippen molar-refractivity contribution >= 4 is 5.78 Å². The van der Waals surface area contributed by atoms with Crippen molar-refractivity contribution in [1.82, 2.24) is 0 Å². The van der Waals surface area contributed by atoms with Gasteiger partial charge in [-0.1, -0.05) is 12.1 Å². The molecular weight excluding hydrogens is 224 g/mol. The van der Waals surface area contributed by atoms with E-state index in [9.17, 15) is 22.4 Å². The maximum Gasteiger partial charge on any atom is 0.389 e. The third kappa shape index (κ3) is 3.64. The lowest BCUT2D eigenvalue weighted by Crippen LogP contribution is -2.11. The Hall–Kier alpha value is -1.39. The summed E-state index contributed by atoms with van der Waals surface area (Å²) in [4.78, 5) is 11.3. The fourth-order valence-electron chi connectivity index (χ4n) is 1.17. The lowest BCUT2D eigenvalue weighted by Gasteiger charge is -2.05. The van der Waals surface area contributed by atoms with Gasteiger partial charge in [-0.05, 0) is 18.6 Å². The molecule has 0 bridgehead atoms. The first kappa shape index (κ1) is 12.7. The van der Waals surface area contributed by atoms with E-state index in [4.69, 9.17) is 0 Å². The zero-order valence-corrected chi connectivity index (χ0v) is 8.57. The number of ketones is 1. The molecule has 5 heteroatoms. The predicted molar refractivity (Wildman–Crippen MR) is 50.8 cm³/mol. The summed E-state index contributed by atoms with van der Waals surface area (Å²) in [7, 11) is 0. The second-order valence-corrected chi connectivity index (χ2v) is 3.50. The smallest absolute Gasteiger partial charge is 0.294 e. The fraction of sp³-hybridized carbons (Fsp3) is 0.364. The minimum atomic E-state index is -4.36. The Bertz CT molecular complexity index is 395. The van der Waals surface area contributed by atoms with Crippen LogP contribution in [0.4, 0.5) is 17.6 Å². The molecule has 88 valence electrons. The molecule has 0 saturated carbocycles. The maximum atomic E-state index is 13.0. The van der Waals surface area contributed by atoms with Gasteiger partial charge in [0.25, 0.3) is 0 Å². The van der Waals surface area contributed by atoms with Crippen molar-refractivity contribution < 1.29 is 22.4 Å². The number of halogens is 4. The van der Waals surface area contributed by atoms with Gasteiger partial charge in [-0.2, -0.15) is 13.2 Å². The average molecular weight is 234 g/mol. The van der Waals surface area contributed by atoms with Gasteiger partial charge < -0.3 is 0 Å². The molecule has 1 rings (SSSR count). The van der Waals surface area contributed by atoms with Crippen LogP contribution in [-0.4, -0.2) is 12.0 Å². The Labute approximate surface area is 90.1 Å². The van der Waals surface area contributed by atoms with Crippen LogP contribution in [0.3, 0.4) is 0 Å².